The number of hydrogen-bond donors (Lipinski definition) is 3. The van der Waals surface area contributed by atoms with Gasteiger partial charge >= 0.3 is 0 Å². The van der Waals surface area contributed by atoms with Gasteiger partial charge in [-0.05, 0) is 37.1 Å². The van der Waals surface area contributed by atoms with Gasteiger partial charge < -0.3 is 15.2 Å². The number of nitrogens with two attached hydrogens (primary N) is 1. The molecule has 13 heteroatoms. The summed E-state index contributed by atoms with van der Waals surface area (Å²) in [4.78, 5) is -0.492. The van der Waals surface area contributed by atoms with E-state index in [1.807, 2.05) is 0 Å². The second-order valence-corrected chi connectivity index (χ2v) is 9.14. The van der Waals surface area contributed by atoms with E-state index in [-0.39, 0.29) is 35.9 Å². The molecule has 2 rings (SSSR count). The monoisotopic (exact) mass is 459 g/mol. The molecule has 0 heterocycles. The van der Waals surface area contributed by atoms with Crippen LogP contribution in [-0.4, -0.2) is 45.4 Å². The van der Waals surface area contributed by atoms with Crippen molar-refractivity contribution >= 4 is 37.3 Å². The Labute approximate surface area is 174 Å². The van der Waals surface area contributed by atoms with Crippen molar-refractivity contribution in [3.8, 4) is 11.5 Å². The number of ether oxygens (including phenoxy) is 2. The first-order valence-corrected chi connectivity index (χ1v) is 11.5. The molecule has 0 aliphatic rings. The van der Waals surface area contributed by atoms with Gasteiger partial charge in [0.25, 0.3) is 20.2 Å². The molecule has 11 nitrogen and oxygen atoms in total. The number of nitrogen functional groups attached to an aromatic ring is 1. The van der Waals surface area contributed by atoms with Crippen molar-refractivity contribution in [2.45, 2.75) is 18.2 Å². The van der Waals surface area contributed by atoms with Gasteiger partial charge in [0, 0.05) is 17.8 Å². The fourth-order valence-corrected chi connectivity index (χ4v) is 3.45. The van der Waals surface area contributed by atoms with E-state index in [0.29, 0.717) is 11.3 Å². The van der Waals surface area contributed by atoms with E-state index >= 15 is 0 Å². The Morgan fingerprint density at radius 2 is 1.70 bits per heavy atom. The number of rotatable bonds is 9. The van der Waals surface area contributed by atoms with Crippen molar-refractivity contribution in [1.29, 1.82) is 0 Å². The van der Waals surface area contributed by atoms with Crippen LogP contribution in [0.1, 0.15) is 12.0 Å². The lowest BCUT2D eigenvalue weighted by Gasteiger charge is -2.11. The smallest absolute Gasteiger partial charge is 0.296 e. The normalized spacial score (nSPS) is 12.3. The first kappa shape index (κ1) is 23.5. The van der Waals surface area contributed by atoms with Crippen LogP contribution in [0.2, 0.25) is 0 Å². The van der Waals surface area contributed by atoms with Crippen LogP contribution in [0.25, 0.3) is 0 Å². The average molecular weight is 460 g/mol. The minimum Gasteiger partial charge on any atom is -0.497 e. The maximum atomic E-state index is 11.6. The first-order chi connectivity index (χ1) is 13.9. The van der Waals surface area contributed by atoms with Crippen molar-refractivity contribution in [1.82, 2.24) is 0 Å². The number of methoxy groups -OCH3 is 1. The summed E-state index contributed by atoms with van der Waals surface area (Å²) in [6.45, 7) is 1.66. The van der Waals surface area contributed by atoms with Crippen LogP contribution in [0, 0.1) is 6.92 Å². The van der Waals surface area contributed by atoms with Gasteiger partial charge in [-0.2, -0.15) is 16.8 Å². The zero-order chi connectivity index (χ0) is 22.5. The van der Waals surface area contributed by atoms with Gasteiger partial charge in [0.2, 0.25) is 0 Å². The molecule has 0 bridgehead atoms. The van der Waals surface area contributed by atoms with Gasteiger partial charge in [0.15, 0.2) is 0 Å². The van der Waals surface area contributed by atoms with E-state index in [1.165, 1.54) is 25.3 Å². The third kappa shape index (κ3) is 6.66. The molecule has 2 aromatic carbocycles. The molecule has 4 N–H and O–H groups in total. The molecule has 0 aromatic heterocycles. The third-order valence-corrected chi connectivity index (χ3v) is 5.55. The molecule has 0 saturated carbocycles. The maximum absolute atomic E-state index is 11.6. The molecular formula is C17H21N3O8S2. The summed E-state index contributed by atoms with van der Waals surface area (Å²) in [5.41, 5.74) is 6.98. The molecule has 0 aliphatic heterocycles. The third-order valence-electron chi connectivity index (χ3n) is 3.86. The minimum atomic E-state index is -4.59. The maximum Gasteiger partial charge on any atom is 0.296 e. The van der Waals surface area contributed by atoms with Gasteiger partial charge in [0.05, 0.1) is 19.5 Å². The van der Waals surface area contributed by atoms with Gasteiger partial charge in [-0.15, -0.1) is 10.2 Å². The number of aryl methyl sites for hydroxylation is 1. The van der Waals surface area contributed by atoms with E-state index in [2.05, 4.69) is 10.2 Å². The summed E-state index contributed by atoms with van der Waals surface area (Å²) in [7, 11) is -7.36. The fraction of sp³-hybridized carbons (Fsp3) is 0.294. The lowest BCUT2D eigenvalue weighted by Crippen LogP contribution is -2.08. The molecule has 0 aliphatic carbocycles. The van der Waals surface area contributed by atoms with Crippen molar-refractivity contribution in [2.24, 2.45) is 10.2 Å². The zero-order valence-electron chi connectivity index (χ0n) is 16.1. The Kier molecular flexibility index (Phi) is 7.36. The molecule has 0 atom stereocenters. The average Bonchev–Trinajstić information content (AvgIpc) is 2.64. The molecule has 0 radical (unpaired) electrons. The Morgan fingerprint density at radius 3 is 2.30 bits per heavy atom. The summed E-state index contributed by atoms with van der Waals surface area (Å²) < 4.78 is 73.5. The summed E-state index contributed by atoms with van der Waals surface area (Å²) in [6, 6.07) is 6.87. The number of hydrogen-bond acceptors (Lipinski definition) is 9. The zero-order valence-corrected chi connectivity index (χ0v) is 17.8. The van der Waals surface area contributed by atoms with Crippen molar-refractivity contribution < 1.29 is 35.4 Å². The molecule has 0 saturated heterocycles. The Hall–Kier alpha value is -2.74. The van der Waals surface area contributed by atoms with E-state index < -0.39 is 30.9 Å². The van der Waals surface area contributed by atoms with Crippen LogP contribution in [0.3, 0.4) is 0 Å². The standard InChI is InChI=1S/C17H21N3O8S2/c1-11-8-15(16(10-13(11)18)28-6-3-7-29(21,22)23)20-19-14-5-4-12(27-2)9-17(14)30(24,25)26/h4-5,8-10H,3,6-7,18H2,1-2H3,(H,21,22,23)(H,24,25,26). The Balaban J connectivity index is 2.36. The lowest BCUT2D eigenvalue weighted by molar-refractivity contribution is 0.317. The summed E-state index contributed by atoms with van der Waals surface area (Å²) in [5, 5.41) is 7.89. The van der Waals surface area contributed by atoms with Crippen LogP contribution in [0.15, 0.2) is 45.5 Å². The van der Waals surface area contributed by atoms with Crippen LogP contribution in [0.5, 0.6) is 11.5 Å². The SMILES string of the molecule is COc1ccc(N=Nc2cc(C)c(N)cc2OCCCS(=O)(=O)O)c(S(=O)(=O)O)c1. The highest BCUT2D eigenvalue weighted by Gasteiger charge is 2.17. The Morgan fingerprint density at radius 1 is 1.03 bits per heavy atom. The van der Waals surface area contributed by atoms with Crippen molar-refractivity contribution in [3.63, 3.8) is 0 Å². The number of nitrogens with zero attached hydrogens (tertiary/aromatic N) is 2. The predicted octanol–water partition coefficient (Wildman–Crippen LogP) is 2.90. The van der Waals surface area contributed by atoms with E-state index in [4.69, 9.17) is 19.8 Å². The number of benzene rings is 2. The Bertz CT molecular complexity index is 1160. The van der Waals surface area contributed by atoms with Crippen molar-refractivity contribution in [3.05, 3.63) is 35.9 Å². The van der Waals surface area contributed by atoms with Gasteiger partial charge in [-0.25, -0.2) is 0 Å². The fourth-order valence-electron chi connectivity index (χ4n) is 2.32. The number of azo groups is 1. The highest BCUT2D eigenvalue weighted by Crippen LogP contribution is 2.35. The molecule has 0 fully saturated rings. The van der Waals surface area contributed by atoms with Gasteiger partial charge in [-0.1, -0.05) is 0 Å². The van der Waals surface area contributed by atoms with Gasteiger partial charge in [0.1, 0.15) is 27.8 Å². The lowest BCUT2D eigenvalue weighted by atomic mass is 10.1. The highest BCUT2D eigenvalue weighted by molar-refractivity contribution is 7.86. The highest BCUT2D eigenvalue weighted by atomic mass is 32.2. The van der Waals surface area contributed by atoms with E-state index in [1.54, 1.807) is 13.0 Å². The van der Waals surface area contributed by atoms with E-state index in [9.17, 15) is 21.4 Å². The summed E-state index contributed by atoms with van der Waals surface area (Å²) in [6.07, 6.45) is 0.0224. The van der Waals surface area contributed by atoms with Crippen LogP contribution < -0.4 is 15.2 Å². The molecule has 2 aromatic rings. The van der Waals surface area contributed by atoms with Crippen LogP contribution >= 0.6 is 0 Å². The molecule has 30 heavy (non-hydrogen) atoms. The quantitative estimate of drug-likeness (QED) is 0.220. The summed E-state index contributed by atoms with van der Waals surface area (Å²) >= 11 is 0. The minimum absolute atomic E-state index is 0.0224. The number of anilines is 1. The van der Waals surface area contributed by atoms with Crippen LogP contribution in [-0.2, 0) is 20.2 Å². The first-order valence-electron chi connectivity index (χ1n) is 8.46. The second-order valence-electron chi connectivity index (χ2n) is 6.17. The molecule has 0 amide bonds. The van der Waals surface area contributed by atoms with Gasteiger partial charge in [-0.3, -0.25) is 9.11 Å². The predicted molar refractivity (Wildman–Crippen MR) is 109 cm³/mol. The molecule has 0 spiro atoms. The second kappa shape index (κ2) is 9.38. The van der Waals surface area contributed by atoms with Crippen molar-refractivity contribution in [2.75, 3.05) is 25.2 Å². The van der Waals surface area contributed by atoms with Crippen LogP contribution in [0.4, 0.5) is 17.1 Å². The largest absolute Gasteiger partial charge is 0.497 e. The summed E-state index contributed by atoms with van der Waals surface area (Å²) in [5.74, 6) is -0.0961. The van der Waals surface area contributed by atoms with E-state index in [0.717, 1.165) is 6.07 Å². The molecule has 164 valence electrons. The molecular weight excluding hydrogens is 438 g/mol. The molecule has 0 unspecified atom stereocenters. The topological polar surface area (TPSA) is 178 Å².